The van der Waals surface area contributed by atoms with Crippen LogP contribution < -0.4 is 5.32 Å². The van der Waals surface area contributed by atoms with Crippen molar-refractivity contribution in [1.82, 2.24) is 5.32 Å². The number of nitrogens with one attached hydrogen (secondary N) is 1. The highest BCUT2D eigenvalue weighted by atomic mass is 16.5. The first-order chi connectivity index (χ1) is 7.34. The fourth-order valence-corrected chi connectivity index (χ4v) is 1.59. The van der Waals surface area contributed by atoms with Crippen molar-refractivity contribution in [1.29, 1.82) is 0 Å². The molecule has 0 aromatic rings. The predicted octanol–water partition coefficient (Wildman–Crippen LogP) is 0.781. The van der Waals surface area contributed by atoms with E-state index in [0.29, 0.717) is 6.61 Å². The molecule has 92 valence electrons. The lowest BCUT2D eigenvalue weighted by Gasteiger charge is -2.30. The molecule has 5 heteroatoms. The highest BCUT2D eigenvalue weighted by Gasteiger charge is 2.37. The van der Waals surface area contributed by atoms with Gasteiger partial charge >= 0.3 is 5.97 Å². The van der Waals surface area contributed by atoms with E-state index in [1.165, 1.54) is 13.8 Å². The standard InChI is InChI=1S/C11H19NO4/c1-7-6-8(4-5-16-7)12-9(13)11(2,3)10(14)15/h7-8H,4-6H2,1-3H3,(H,12,13)(H,14,15). The second-order valence-corrected chi connectivity index (χ2v) is 4.81. The maximum Gasteiger partial charge on any atom is 0.318 e. The zero-order valence-electron chi connectivity index (χ0n) is 9.95. The first-order valence-corrected chi connectivity index (χ1v) is 5.50. The highest BCUT2D eigenvalue weighted by molar-refractivity contribution is 6.01. The molecular weight excluding hydrogens is 210 g/mol. The molecule has 0 radical (unpaired) electrons. The maximum atomic E-state index is 11.7. The lowest BCUT2D eigenvalue weighted by molar-refractivity contribution is -0.153. The van der Waals surface area contributed by atoms with E-state index in [9.17, 15) is 9.59 Å². The van der Waals surface area contributed by atoms with Gasteiger partial charge in [-0.3, -0.25) is 9.59 Å². The van der Waals surface area contributed by atoms with Crippen LogP contribution in [-0.4, -0.2) is 35.7 Å². The van der Waals surface area contributed by atoms with E-state index in [1.807, 2.05) is 6.92 Å². The van der Waals surface area contributed by atoms with Gasteiger partial charge in [-0.1, -0.05) is 0 Å². The summed E-state index contributed by atoms with van der Waals surface area (Å²) < 4.78 is 5.36. The molecule has 2 unspecified atom stereocenters. The summed E-state index contributed by atoms with van der Waals surface area (Å²) in [7, 11) is 0. The second-order valence-electron chi connectivity index (χ2n) is 4.81. The Kier molecular flexibility index (Phi) is 3.91. The summed E-state index contributed by atoms with van der Waals surface area (Å²) in [4.78, 5) is 22.6. The molecule has 5 nitrogen and oxygen atoms in total. The smallest absolute Gasteiger partial charge is 0.318 e. The van der Waals surface area contributed by atoms with E-state index in [2.05, 4.69) is 5.32 Å². The molecular formula is C11H19NO4. The first-order valence-electron chi connectivity index (χ1n) is 5.50. The van der Waals surface area contributed by atoms with Gasteiger partial charge in [0.15, 0.2) is 0 Å². The number of carbonyl (C=O) groups is 2. The lowest BCUT2D eigenvalue weighted by atomic mass is 9.91. The number of carboxylic acids is 1. The fourth-order valence-electron chi connectivity index (χ4n) is 1.59. The molecule has 1 fully saturated rings. The number of rotatable bonds is 3. The SMILES string of the molecule is CC1CC(NC(=O)C(C)(C)C(=O)O)CCO1. The van der Waals surface area contributed by atoms with Crippen LogP contribution in [0, 0.1) is 5.41 Å². The van der Waals surface area contributed by atoms with Gasteiger partial charge in [-0.15, -0.1) is 0 Å². The van der Waals surface area contributed by atoms with Gasteiger partial charge < -0.3 is 15.2 Å². The predicted molar refractivity (Wildman–Crippen MR) is 58.0 cm³/mol. The van der Waals surface area contributed by atoms with Crippen molar-refractivity contribution in [2.45, 2.75) is 45.8 Å². The molecule has 0 aliphatic carbocycles. The van der Waals surface area contributed by atoms with E-state index >= 15 is 0 Å². The van der Waals surface area contributed by atoms with Crippen molar-refractivity contribution < 1.29 is 19.4 Å². The van der Waals surface area contributed by atoms with Crippen LogP contribution in [0.25, 0.3) is 0 Å². The molecule has 1 saturated heterocycles. The molecule has 1 amide bonds. The van der Waals surface area contributed by atoms with Gasteiger partial charge in [-0.2, -0.15) is 0 Å². The molecule has 2 atom stereocenters. The molecule has 0 spiro atoms. The number of ether oxygens (including phenoxy) is 1. The van der Waals surface area contributed by atoms with Crippen LogP contribution in [0.2, 0.25) is 0 Å². The van der Waals surface area contributed by atoms with Crippen LogP contribution >= 0.6 is 0 Å². The summed E-state index contributed by atoms with van der Waals surface area (Å²) in [5, 5.41) is 11.7. The highest BCUT2D eigenvalue weighted by Crippen LogP contribution is 2.18. The van der Waals surface area contributed by atoms with Crippen molar-refractivity contribution in [3.8, 4) is 0 Å². The Labute approximate surface area is 95.2 Å². The third-order valence-electron chi connectivity index (χ3n) is 2.92. The van der Waals surface area contributed by atoms with Crippen LogP contribution in [0.3, 0.4) is 0 Å². The lowest BCUT2D eigenvalue weighted by Crippen LogP contribution is -2.49. The van der Waals surface area contributed by atoms with Crippen molar-refractivity contribution in [3.05, 3.63) is 0 Å². The molecule has 1 aliphatic heterocycles. The van der Waals surface area contributed by atoms with Crippen molar-refractivity contribution in [2.24, 2.45) is 5.41 Å². The number of hydrogen-bond donors (Lipinski definition) is 2. The van der Waals surface area contributed by atoms with Gasteiger partial charge in [0.05, 0.1) is 6.10 Å². The van der Waals surface area contributed by atoms with Gasteiger partial charge in [-0.05, 0) is 33.6 Å². The Morgan fingerprint density at radius 1 is 1.44 bits per heavy atom. The third-order valence-corrected chi connectivity index (χ3v) is 2.92. The van der Waals surface area contributed by atoms with Crippen molar-refractivity contribution in [3.63, 3.8) is 0 Å². The van der Waals surface area contributed by atoms with Gasteiger partial charge in [0.2, 0.25) is 5.91 Å². The summed E-state index contributed by atoms with van der Waals surface area (Å²) in [5.41, 5.74) is -1.37. The molecule has 0 saturated carbocycles. The fraction of sp³-hybridized carbons (Fsp3) is 0.818. The summed E-state index contributed by atoms with van der Waals surface area (Å²) in [5.74, 6) is -1.54. The number of carbonyl (C=O) groups excluding carboxylic acids is 1. The van der Waals surface area contributed by atoms with Crippen LogP contribution in [0.4, 0.5) is 0 Å². The summed E-state index contributed by atoms with van der Waals surface area (Å²) in [6, 6.07) is 0.0230. The minimum atomic E-state index is -1.37. The van der Waals surface area contributed by atoms with E-state index < -0.39 is 17.3 Å². The van der Waals surface area contributed by atoms with Crippen LogP contribution in [0.15, 0.2) is 0 Å². The topological polar surface area (TPSA) is 75.6 Å². The number of carboxylic acid groups (broad SMARTS) is 1. The Bertz CT molecular complexity index is 288. The summed E-state index contributed by atoms with van der Waals surface area (Å²) in [6.07, 6.45) is 1.60. The second kappa shape index (κ2) is 4.82. The van der Waals surface area contributed by atoms with Crippen molar-refractivity contribution in [2.75, 3.05) is 6.61 Å². The van der Waals surface area contributed by atoms with Crippen LogP contribution in [0.1, 0.15) is 33.6 Å². The van der Waals surface area contributed by atoms with E-state index in [4.69, 9.17) is 9.84 Å². The Morgan fingerprint density at radius 3 is 2.56 bits per heavy atom. The van der Waals surface area contributed by atoms with Crippen LogP contribution in [0.5, 0.6) is 0 Å². The van der Waals surface area contributed by atoms with E-state index in [-0.39, 0.29) is 12.1 Å². The quantitative estimate of drug-likeness (QED) is 0.701. The maximum absolute atomic E-state index is 11.7. The number of hydrogen-bond acceptors (Lipinski definition) is 3. The van der Waals surface area contributed by atoms with Crippen molar-refractivity contribution >= 4 is 11.9 Å². The third kappa shape index (κ3) is 2.95. The van der Waals surface area contributed by atoms with Crippen LogP contribution in [-0.2, 0) is 14.3 Å². The molecule has 0 aromatic carbocycles. The monoisotopic (exact) mass is 229 g/mol. The molecule has 1 aliphatic rings. The Hall–Kier alpha value is -1.10. The largest absolute Gasteiger partial charge is 0.480 e. The minimum Gasteiger partial charge on any atom is -0.480 e. The molecule has 0 aromatic heterocycles. The average Bonchev–Trinajstić information content (AvgIpc) is 2.17. The number of amides is 1. The van der Waals surface area contributed by atoms with E-state index in [1.54, 1.807) is 0 Å². The normalized spacial score (nSPS) is 26.2. The van der Waals surface area contributed by atoms with Gasteiger partial charge in [0.1, 0.15) is 5.41 Å². The zero-order chi connectivity index (χ0) is 12.3. The van der Waals surface area contributed by atoms with Gasteiger partial charge in [-0.25, -0.2) is 0 Å². The van der Waals surface area contributed by atoms with E-state index in [0.717, 1.165) is 12.8 Å². The molecule has 2 N–H and O–H groups in total. The molecule has 1 rings (SSSR count). The minimum absolute atomic E-state index is 0.0230. The molecule has 16 heavy (non-hydrogen) atoms. The molecule has 1 heterocycles. The van der Waals surface area contributed by atoms with Gasteiger partial charge in [0, 0.05) is 12.6 Å². The molecule has 0 bridgehead atoms. The Balaban J connectivity index is 2.54. The summed E-state index contributed by atoms with van der Waals surface area (Å²) in [6.45, 7) is 5.38. The Morgan fingerprint density at radius 2 is 2.06 bits per heavy atom. The first kappa shape index (κ1) is 13.0. The zero-order valence-corrected chi connectivity index (χ0v) is 9.95. The number of aliphatic carboxylic acids is 1. The van der Waals surface area contributed by atoms with Gasteiger partial charge in [0.25, 0.3) is 0 Å². The summed E-state index contributed by atoms with van der Waals surface area (Å²) >= 11 is 0. The average molecular weight is 229 g/mol.